The van der Waals surface area contributed by atoms with Crippen LogP contribution in [-0.4, -0.2) is 15.0 Å². The van der Waals surface area contributed by atoms with Crippen LogP contribution < -0.4 is 4.72 Å². The summed E-state index contributed by atoms with van der Waals surface area (Å²) in [5.41, 5.74) is -1.18. The molecule has 0 radical (unpaired) electrons. The summed E-state index contributed by atoms with van der Waals surface area (Å²) in [6.45, 7) is 3.48. The molecule has 0 saturated heterocycles. The Morgan fingerprint density at radius 2 is 2.00 bits per heavy atom. The van der Waals surface area contributed by atoms with Crippen molar-refractivity contribution in [3.8, 4) is 0 Å². The molecule has 19 heavy (non-hydrogen) atoms. The largest absolute Gasteiger partial charge is 0.417 e. The number of benzene rings is 1. The molecule has 0 amide bonds. The lowest BCUT2D eigenvalue weighted by atomic mass is 10.2. The molecule has 1 aromatic carbocycles. The van der Waals surface area contributed by atoms with Gasteiger partial charge in [-0.3, -0.25) is 0 Å². The summed E-state index contributed by atoms with van der Waals surface area (Å²) in [6.07, 6.45) is -2.84. The Bertz CT molecular complexity index is 570. The van der Waals surface area contributed by atoms with Crippen molar-refractivity contribution in [3.05, 3.63) is 41.4 Å². The van der Waals surface area contributed by atoms with E-state index < -0.39 is 31.7 Å². The van der Waals surface area contributed by atoms with Crippen LogP contribution in [0.4, 0.5) is 13.2 Å². The lowest BCUT2D eigenvalue weighted by Crippen LogP contribution is -2.25. The van der Waals surface area contributed by atoms with Crippen molar-refractivity contribution >= 4 is 21.6 Å². The Morgan fingerprint density at radius 3 is 2.53 bits per heavy atom. The van der Waals surface area contributed by atoms with Crippen LogP contribution in [0.25, 0.3) is 0 Å². The minimum absolute atomic E-state index is 0.0653. The van der Waals surface area contributed by atoms with Crippen LogP contribution in [0.5, 0.6) is 0 Å². The summed E-state index contributed by atoms with van der Waals surface area (Å²) in [4.78, 5) is -0.478. The van der Waals surface area contributed by atoms with Gasteiger partial charge >= 0.3 is 6.18 Å². The molecule has 0 spiro atoms. The van der Waals surface area contributed by atoms with Crippen LogP contribution in [0, 0.1) is 0 Å². The lowest BCUT2D eigenvalue weighted by molar-refractivity contribution is -0.137. The van der Waals surface area contributed by atoms with Crippen LogP contribution in [-0.2, 0) is 16.2 Å². The van der Waals surface area contributed by atoms with Crippen LogP contribution in [0.15, 0.2) is 35.7 Å². The summed E-state index contributed by atoms with van der Waals surface area (Å²) < 4.78 is 63.5. The molecule has 0 saturated carbocycles. The molecule has 0 aromatic heterocycles. The van der Waals surface area contributed by atoms with Crippen molar-refractivity contribution in [1.82, 2.24) is 4.72 Å². The molecule has 0 bridgehead atoms. The summed E-state index contributed by atoms with van der Waals surface area (Å²) in [5, 5.41) is -0.544. The van der Waals surface area contributed by atoms with Gasteiger partial charge in [0.2, 0.25) is 10.0 Å². The van der Waals surface area contributed by atoms with Gasteiger partial charge in [-0.05, 0) is 24.6 Å². The molecule has 0 unspecified atom stereocenters. The number of hydrogen-bond donors (Lipinski definition) is 1. The Labute approximate surface area is 114 Å². The third kappa shape index (κ3) is 4.22. The average molecular weight is 314 g/mol. The highest BCUT2D eigenvalue weighted by Gasteiger charge is 2.34. The van der Waals surface area contributed by atoms with Gasteiger partial charge in [0, 0.05) is 6.54 Å². The van der Waals surface area contributed by atoms with Gasteiger partial charge < -0.3 is 0 Å². The fraction of sp³-hybridized carbons (Fsp3) is 0.273. The van der Waals surface area contributed by atoms with Gasteiger partial charge in [0.05, 0.1) is 15.5 Å². The van der Waals surface area contributed by atoms with Gasteiger partial charge in [-0.25, -0.2) is 13.1 Å². The third-order valence-electron chi connectivity index (χ3n) is 2.19. The summed E-state index contributed by atoms with van der Waals surface area (Å²) in [6, 6.07) is 2.44. The lowest BCUT2D eigenvalue weighted by Gasteiger charge is -2.11. The Kier molecular flexibility index (Phi) is 5.00. The highest BCUT2D eigenvalue weighted by atomic mass is 35.5. The summed E-state index contributed by atoms with van der Waals surface area (Å²) >= 11 is 5.41. The molecule has 3 nitrogen and oxygen atoms in total. The molecule has 8 heteroatoms. The standard InChI is InChI=1S/C11H11ClF3NO2S/c1-2-3-6-16-19(17,18)8-4-5-10(12)9(7-8)11(13,14)15/h2,4-5,7,16H,1,3,6H2. The van der Waals surface area contributed by atoms with E-state index in [2.05, 4.69) is 11.3 Å². The maximum Gasteiger partial charge on any atom is 0.417 e. The van der Waals surface area contributed by atoms with E-state index in [9.17, 15) is 21.6 Å². The van der Waals surface area contributed by atoms with Crippen LogP contribution in [0.3, 0.4) is 0 Å². The molecule has 1 aromatic rings. The monoisotopic (exact) mass is 313 g/mol. The van der Waals surface area contributed by atoms with Gasteiger partial charge in [-0.2, -0.15) is 13.2 Å². The number of rotatable bonds is 5. The van der Waals surface area contributed by atoms with E-state index in [0.29, 0.717) is 12.5 Å². The van der Waals surface area contributed by atoms with E-state index in [-0.39, 0.29) is 6.54 Å². The maximum atomic E-state index is 12.6. The van der Waals surface area contributed by atoms with Gasteiger partial charge in [0.25, 0.3) is 0 Å². The van der Waals surface area contributed by atoms with Gasteiger partial charge in [0.15, 0.2) is 0 Å². The van der Waals surface area contributed by atoms with Crippen molar-refractivity contribution in [3.63, 3.8) is 0 Å². The second-order valence-electron chi connectivity index (χ2n) is 3.61. The topological polar surface area (TPSA) is 46.2 Å². The molecule has 106 valence electrons. The Balaban J connectivity index is 3.12. The molecule has 1 rings (SSSR count). The fourth-order valence-electron chi connectivity index (χ4n) is 1.27. The minimum Gasteiger partial charge on any atom is -0.211 e. The molecule has 0 atom stereocenters. The van der Waals surface area contributed by atoms with E-state index in [1.807, 2.05) is 0 Å². The minimum atomic E-state index is -4.70. The van der Waals surface area contributed by atoms with E-state index >= 15 is 0 Å². The summed E-state index contributed by atoms with van der Waals surface area (Å²) in [5.74, 6) is 0. The van der Waals surface area contributed by atoms with E-state index in [1.54, 1.807) is 0 Å². The number of alkyl halides is 3. The second-order valence-corrected chi connectivity index (χ2v) is 5.79. The first-order valence-corrected chi connectivity index (χ1v) is 7.02. The zero-order valence-corrected chi connectivity index (χ0v) is 11.2. The summed E-state index contributed by atoms with van der Waals surface area (Å²) in [7, 11) is -3.99. The highest BCUT2D eigenvalue weighted by molar-refractivity contribution is 7.89. The van der Waals surface area contributed by atoms with Crippen molar-refractivity contribution in [2.45, 2.75) is 17.5 Å². The number of nitrogens with one attached hydrogen (secondary N) is 1. The smallest absolute Gasteiger partial charge is 0.211 e. The molecule has 0 heterocycles. The second kappa shape index (κ2) is 5.94. The molecule has 0 fully saturated rings. The number of sulfonamides is 1. The normalized spacial score (nSPS) is 12.4. The van der Waals surface area contributed by atoms with E-state index in [4.69, 9.17) is 11.6 Å². The predicted octanol–water partition coefficient (Wildman–Crippen LogP) is 3.21. The fourth-order valence-corrected chi connectivity index (χ4v) is 2.57. The molecule has 0 aliphatic heterocycles. The number of halogens is 4. The average Bonchev–Trinajstić information content (AvgIpc) is 2.27. The number of hydrogen-bond acceptors (Lipinski definition) is 2. The van der Waals surface area contributed by atoms with Crippen LogP contribution in [0.2, 0.25) is 5.02 Å². The predicted molar refractivity (Wildman–Crippen MR) is 66.5 cm³/mol. The van der Waals surface area contributed by atoms with Crippen molar-refractivity contribution < 1.29 is 21.6 Å². The third-order valence-corrected chi connectivity index (χ3v) is 3.98. The van der Waals surface area contributed by atoms with Crippen molar-refractivity contribution in [2.75, 3.05) is 6.54 Å². The van der Waals surface area contributed by atoms with E-state index in [0.717, 1.165) is 12.1 Å². The molecule has 0 aliphatic rings. The maximum absolute atomic E-state index is 12.6. The van der Waals surface area contributed by atoms with Gasteiger partial charge in [-0.15, -0.1) is 6.58 Å². The molecular weight excluding hydrogens is 303 g/mol. The quantitative estimate of drug-likeness (QED) is 0.670. The first kappa shape index (κ1) is 16.0. The molecule has 0 aliphatic carbocycles. The first-order valence-electron chi connectivity index (χ1n) is 5.16. The van der Waals surface area contributed by atoms with E-state index in [1.165, 1.54) is 6.08 Å². The van der Waals surface area contributed by atoms with Crippen molar-refractivity contribution in [1.29, 1.82) is 0 Å². The zero-order chi connectivity index (χ0) is 14.7. The zero-order valence-electron chi connectivity index (χ0n) is 9.67. The molecule has 1 N–H and O–H groups in total. The Hall–Kier alpha value is -1.05. The van der Waals surface area contributed by atoms with Crippen LogP contribution in [0.1, 0.15) is 12.0 Å². The molecular formula is C11H11ClF3NO2S. The Morgan fingerprint density at radius 1 is 1.37 bits per heavy atom. The first-order chi connectivity index (χ1) is 8.68. The van der Waals surface area contributed by atoms with Crippen molar-refractivity contribution in [2.24, 2.45) is 0 Å². The SMILES string of the molecule is C=CCCNS(=O)(=O)c1ccc(Cl)c(C(F)(F)F)c1. The van der Waals surface area contributed by atoms with Gasteiger partial charge in [-0.1, -0.05) is 17.7 Å². The highest BCUT2D eigenvalue weighted by Crippen LogP contribution is 2.35. The van der Waals surface area contributed by atoms with Gasteiger partial charge in [0.1, 0.15) is 0 Å². The van der Waals surface area contributed by atoms with Crippen LogP contribution >= 0.6 is 11.6 Å².